The minimum atomic E-state index is 0.0116. The molecule has 1 aromatic heterocycles. The van der Waals surface area contributed by atoms with Gasteiger partial charge in [-0.1, -0.05) is 17.7 Å². The zero-order chi connectivity index (χ0) is 12.4. The predicted molar refractivity (Wildman–Crippen MR) is 70.2 cm³/mol. The van der Waals surface area contributed by atoms with Crippen LogP contribution in [0.1, 0.15) is 13.8 Å². The fourth-order valence-electron chi connectivity index (χ4n) is 1.85. The van der Waals surface area contributed by atoms with Crippen LogP contribution in [0.15, 0.2) is 30.5 Å². The summed E-state index contributed by atoms with van der Waals surface area (Å²) in [7, 11) is 0. The molecule has 0 radical (unpaired) electrons. The molecule has 0 spiro atoms. The number of carbonyl (C=O) groups is 1. The highest BCUT2D eigenvalue weighted by Crippen LogP contribution is 2.23. The van der Waals surface area contributed by atoms with Gasteiger partial charge in [-0.3, -0.25) is 4.79 Å². The van der Waals surface area contributed by atoms with Crippen molar-refractivity contribution in [3.05, 3.63) is 35.5 Å². The summed E-state index contributed by atoms with van der Waals surface area (Å²) in [6, 6.07) is 7.79. The second-order valence-corrected chi connectivity index (χ2v) is 4.75. The molecule has 0 aliphatic heterocycles. The molecule has 0 bridgehead atoms. The number of nitrogens with one attached hydrogen (secondary N) is 1. The SMILES string of the molecule is CC(C)NC(=O)Cn1ccc2c(Cl)cccc21. The van der Waals surface area contributed by atoms with Crippen molar-refractivity contribution in [1.29, 1.82) is 0 Å². The van der Waals surface area contributed by atoms with Crippen LogP contribution >= 0.6 is 11.6 Å². The minimum Gasteiger partial charge on any atom is -0.352 e. The van der Waals surface area contributed by atoms with Gasteiger partial charge in [0.2, 0.25) is 5.91 Å². The van der Waals surface area contributed by atoms with Crippen LogP contribution in [-0.4, -0.2) is 16.5 Å². The number of nitrogens with zero attached hydrogens (tertiary/aromatic N) is 1. The summed E-state index contributed by atoms with van der Waals surface area (Å²) in [6.45, 7) is 4.22. The molecule has 17 heavy (non-hydrogen) atoms. The van der Waals surface area contributed by atoms with Crippen LogP contribution in [0.4, 0.5) is 0 Å². The summed E-state index contributed by atoms with van der Waals surface area (Å²) in [6.07, 6.45) is 1.89. The fourth-order valence-corrected chi connectivity index (χ4v) is 2.08. The third-order valence-electron chi connectivity index (χ3n) is 2.52. The molecule has 1 N–H and O–H groups in total. The molecule has 4 heteroatoms. The maximum atomic E-state index is 11.7. The molecule has 0 saturated carbocycles. The second kappa shape index (κ2) is 4.80. The van der Waals surface area contributed by atoms with Crippen molar-refractivity contribution in [2.24, 2.45) is 0 Å². The molecule has 90 valence electrons. The van der Waals surface area contributed by atoms with Crippen molar-refractivity contribution in [2.75, 3.05) is 0 Å². The van der Waals surface area contributed by atoms with E-state index in [-0.39, 0.29) is 11.9 Å². The van der Waals surface area contributed by atoms with Crippen molar-refractivity contribution in [3.8, 4) is 0 Å². The first kappa shape index (κ1) is 12.0. The molecular weight excluding hydrogens is 236 g/mol. The maximum Gasteiger partial charge on any atom is 0.240 e. The summed E-state index contributed by atoms with van der Waals surface area (Å²) < 4.78 is 1.90. The Bertz CT molecular complexity index is 545. The lowest BCUT2D eigenvalue weighted by molar-refractivity contribution is -0.122. The quantitative estimate of drug-likeness (QED) is 0.893. The average molecular weight is 251 g/mol. The first-order valence-electron chi connectivity index (χ1n) is 5.60. The molecule has 0 saturated heterocycles. The summed E-state index contributed by atoms with van der Waals surface area (Å²) in [4.78, 5) is 11.7. The maximum absolute atomic E-state index is 11.7. The van der Waals surface area contributed by atoms with E-state index in [9.17, 15) is 4.79 Å². The molecular formula is C13H15ClN2O. The van der Waals surface area contributed by atoms with E-state index in [4.69, 9.17) is 11.6 Å². The number of amides is 1. The number of benzene rings is 1. The van der Waals surface area contributed by atoms with Crippen molar-refractivity contribution in [1.82, 2.24) is 9.88 Å². The van der Waals surface area contributed by atoms with Crippen LogP contribution in [0.25, 0.3) is 10.9 Å². The van der Waals surface area contributed by atoms with Gasteiger partial charge in [0, 0.05) is 28.2 Å². The zero-order valence-electron chi connectivity index (χ0n) is 9.90. The van der Waals surface area contributed by atoms with E-state index in [1.165, 1.54) is 0 Å². The Kier molecular flexibility index (Phi) is 3.38. The third kappa shape index (κ3) is 2.61. The van der Waals surface area contributed by atoms with E-state index < -0.39 is 0 Å². The Hall–Kier alpha value is -1.48. The minimum absolute atomic E-state index is 0.0116. The predicted octanol–water partition coefficient (Wildman–Crippen LogP) is 2.82. The van der Waals surface area contributed by atoms with Gasteiger partial charge in [-0.05, 0) is 32.0 Å². The number of fused-ring (bicyclic) bond motifs is 1. The average Bonchev–Trinajstić information content (AvgIpc) is 2.62. The standard InChI is InChI=1S/C13H15ClN2O/c1-9(2)15-13(17)8-16-7-6-10-11(14)4-3-5-12(10)16/h3-7,9H,8H2,1-2H3,(H,15,17). The number of hydrogen-bond donors (Lipinski definition) is 1. The van der Waals surface area contributed by atoms with E-state index in [2.05, 4.69) is 5.32 Å². The highest BCUT2D eigenvalue weighted by atomic mass is 35.5. The van der Waals surface area contributed by atoms with Crippen LogP contribution in [0.2, 0.25) is 5.02 Å². The monoisotopic (exact) mass is 250 g/mol. The smallest absolute Gasteiger partial charge is 0.240 e. The normalized spacial score (nSPS) is 11.1. The Balaban J connectivity index is 2.25. The van der Waals surface area contributed by atoms with E-state index >= 15 is 0 Å². The Morgan fingerprint density at radius 1 is 1.41 bits per heavy atom. The number of rotatable bonds is 3. The lowest BCUT2D eigenvalue weighted by Crippen LogP contribution is -2.32. The van der Waals surface area contributed by atoms with Crippen molar-refractivity contribution < 1.29 is 4.79 Å². The largest absolute Gasteiger partial charge is 0.352 e. The van der Waals surface area contributed by atoms with Gasteiger partial charge in [0.25, 0.3) is 0 Å². The van der Waals surface area contributed by atoms with Gasteiger partial charge in [0.05, 0.1) is 0 Å². The second-order valence-electron chi connectivity index (χ2n) is 4.34. The third-order valence-corrected chi connectivity index (χ3v) is 2.85. The van der Waals surface area contributed by atoms with Gasteiger partial charge < -0.3 is 9.88 Å². The van der Waals surface area contributed by atoms with E-state index in [0.29, 0.717) is 11.6 Å². The van der Waals surface area contributed by atoms with E-state index in [1.54, 1.807) is 0 Å². The van der Waals surface area contributed by atoms with Gasteiger partial charge in [0.15, 0.2) is 0 Å². The summed E-state index contributed by atoms with van der Waals surface area (Å²) in [5, 5.41) is 4.56. The molecule has 1 heterocycles. The number of aromatic nitrogens is 1. The van der Waals surface area contributed by atoms with Gasteiger partial charge in [0.1, 0.15) is 6.54 Å². The Morgan fingerprint density at radius 2 is 2.18 bits per heavy atom. The highest BCUT2D eigenvalue weighted by molar-refractivity contribution is 6.35. The van der Waals surface area contributed by atoms with Crippen molar-refractivity contribution in [3.63, 3.8) is 0 Å². The van der Waals surface area contributed by atoms with Gasteiger partial charge >= 0.3 is 0 Å². The van der Waals surface area contributed by atoms with Crippen molar-refractivity contribution in [2.45, 2.75) is 26.4 Å². The van der Waals surface area contributed by atoms with Gasteiger partial charge in [-0.2, -0.15) is 0 Å². The van der Waals surface area contributed by atoms with Crippen LogP contribution in [0, 0.1) is 0 Å². The number of hydrogen-bond acceptors (Lipinski definition) is 1. The Morgan fingerprint density at radius 3 is 2.88 bits per heavy atom. The highest BCUT2D eigenvalue weighted by Gasteiger charge is 2.08. The number of halogens is 1. The van der Waals surface area contributed by atoms with Gasteiger partial charge in [-0.25, -0.2) is 0 Å². The van der Waals surface area contributed by atoms with Crippen molar-refractivity contribution >= 4 is 28.4 Å². The van der Waals surface area contributed by atoms with E-state index in [1.807, 2.05) is 48.9 Å². The lowest BCUT2D eigenvalue weighted by Gasteiger charge is -2.09. The summed E-state index contributed by atoms with van der Waals surface area (Å²) in [5.74, 6) is 0.0116. The number of carbonyl (C=O) groups excluding carboxylic acids is 1. The van der Waals surface area contributed by atoms with E-state index in [0.717, 1.165) is 10.9 Å². The Labute approximate surface area is 105 Å². The molecule has 2 aromatic rings. The zero-order valence-corrected chi connectivity index (χ0v) is 10.7. The summed E-state index contributed by atoms with van der Waals surface area (Å²) in [5.41, 5.74) is 0.983. The molecule has 2 rings (SSSR count). The van der Waals surface area contributed by atoms with Crippen LogP contribution in [-0.2, 0) is 11.3 Å². The first-order valence-corrected chi connectivity index (χ1v) is 5.98. The molecule has 0 fully saturated rings. The molecule has 0 atom stereocenters. The van der Waals surface area contributed by atoms with Crippen LogP contribution < -0.4 is 5.32 Å². The molecule has 0 aliphatic rings. The van der Waals surface area contributed by atoms with Crippen LogP contribution in [0.3, 0.4) is 0 Å². The van der Waals surface area contributed by atoms with Gasteiger partial charge in [-0.15, -0.1) is 0 Å². The molecule has 1 amide bonds. The molecule has 0 aliphatic carbocycles. The van der Waals surface area contributed by atoms with Crippen LogP contribution in [0.5, 0.6) is 0 Å². The topological polar surface area (TPSA) is 34.0 Å². The first-order chi connectivity index (χ1) is 8.08. The molecule has 3 nitrogen and oxygen atoms in total. The fraction of sp³-hybridized carbons (Fsp3) is 0.308. The molecule has 0 unspecified atom stereocenters. The lowest BCUT2D eigenvalue weighted by atomic mass is 10.2. The summed E-state index contributed by atoms with van der Waals surface area (Å²) >= 11 is 6.08. The molecule has 1 aromatic carbocycles.